The van der Waals surface area contributed by atoms with Crippen molar-refractivity contribution >= 4 is 16.1 Å². The van der Waals surface area contributed by atoms with Gasteiger partial charge < -0.3 is 29.7 Å². The molecule has 0 spiro atoms. The van der Waals surface area contributed by atoms with Crippen molar-refractivity contribution in [1.29, 1.82) is 0 Å². The van der Waals surface area contributed by atoms with Gasteiger partial charge in [0.2, 0.25) is 16.8 Å². The Morgan fingerprint density at radius 1 is 1.05 bits per heavy atom. The van der Waals surface area contributed by atoms with Gasteiger partial charge in [-0.2, -0.15) is 4.31 Å². The highest BCUT2D eigenvalue weighted by molar-refractivity contribution is 7.89. The van der Waals surface area contributed by atoms with Crippen LogP contribution in [0.4, 0.5) is 4.79 Å². The molecule has 10 nitrogen and oxygen atoms in total. The van der Waals surface area contributed by atoms with Crippen LogP contribution in [0.15, 0.2) is 53.4 Å². The number of ether oxygens (including phenoxy) is 3. The average Bonchev–Trinajstić information content (AvgIpc) is 3.35. The van der Waals surface area contributed by atoms with Crippen LogP contribution in [-0.2, 0) is 21.2 Å². The molecule has 0 bridgehead atoms. The Morgan fingerprint density at radius 3 is 2.39 bits per heavy atom. The van der Waals surface area contributed by atoms with Gasteiger partial charge in [0.15, 0.2) is 11.5 Å². The first-order chi connectivity index (χ1) is 19.2. The van der Waals surface area contributed by atoms with Crippen molar-refractivity contribution in [2.75, 3.05) is 26.5 Å². The maximum absolute atomic E-state index is 14.0. The first-order valence-electron chi connectivity index (χ1n) is 13.9. The summed E-state index contributed by atoms with van der Waals surface area (Å²) >= 11 is 0. The standard InChI is InChI=1S/C30H44N2O8S/c1-29(2,3)40-28(35)31-24(17-22-11-7-6-8-12-22)25(34)19-32(20-30(4,5)15-9-10-16-33)41(36,37)23-13-14-26-27(18-23)39-21-38-26/h6-8,11-14,18,24-25,33-34H,9-10,15-17,19-21H2,1-5H3,(H,31,35)/t24-,25+/m0/s1. The second-order valence-electron chi connectivity index (χ2n) is 12.2. The summed E-state index contributed by atoms with van der Waals surface area (Å²) in [5, 5.41) is 23.5. The predicted octanol–water partition coefficient (Wildman–Crippen LogP) is 4.09. The van der Waals surface area contributed by atoms with Gasteiger partial charge in [-0.3, -0.25) is 0 Å². The SMILES string of the molecule is CC(C)(CCCCO)CN(C[C@@H](O)[C@H](Cc1ccccc1)NC(=O)OC(C)(C)C)S(=O)(=O)c1ccc2c(c1)OCO2. The molecule has 0 fully saturated rings. The number of fused-ring (bicyclic) bond motifs is 1. The third-order valence-electron chi connectivity index (χ3n) is 6.70. The molecule has 0 unspecified atom stereocenters. The summed E-state index contributed by atoms with van der Waals surface area (Å²) in [5.74, 6) is 0.798. The molecular weight excluding hydrogens is 548 g/mol. The Bertz CT molecular complexity index is 1240. The van der Waals surface area contributed by atoms with Crippen LogP contribution in [0.3, 0.4) is 0 Å². The number of nitrogens with zero attached hydrogens (tertiary/aromatic N) is 1. The number of amides is 1. The molecule has 2 aromatic rings. The summed E-state index contributed by atoms with van der Waals surface area (Å²) in [4.78, 5) is 12.7. The van der Waals surface area contributed by atoms with E-state index in [2.05, 4.69) is 5.32 Å². The summed E-state index contributed by atoms with van der Waals surface area (Å²) in [6.07, 6.45) is 0.298. The van der Waals surface area contributed by atoms with Crippen molar-refractivity contribution in [3.8, 4) is 11.5 Å². The zero-order valence-corrected chi connectivity index (χ0v) is 25.4. The van der Waals surface area contributed by atoms with Gasteiger partial charge in [-0.05, 0) is 63.1 Å². The van der Waals surface area contributed by atoms with Gasteiger partial charge in [0.05, 0.1) is 17.0 Å². The van der Waals surface area contributed by atoms with E-state index in [1.807, 2.05) is 44.2 Å². The second kappa shape index (κ2) is 13.9. The van der Waals surface area contributed by atoms with Crippen molar-refractivity contribution in [3.63, 3.8) is 0 Å². The minimum absolute atomic E-state index is 0.0106. The van der Waals surface area contributed by atoms with Crippen LogP contribution in [0.25, 0.3) is 0 Å². The van der Waals surface area contributed by atoms with Gasteiger partial charge in [-0.15, -0.1) is 0 Å². The van der Waals surface area contributed by atoms with E-state index in [-0.39, 0.29) is 37.8 Å². The quantitative estimate of drug-likeness (QED) is 0.279. The molecule has 3 N–H and O–H groups in total. The van der Waals surface area contributed by atoms with Gasteiger partial charge in [-0.1, -0.05) is 50.6 Å². The number of unbranched alkanes of at least 4 members (excludes halogenated alkanes) is 1. The van der Waals surface area contributed by atoms with E-state index >= 15 is 0 Å². The fourth-order valence-corrected chi connectivity index (χ4v) is 6.31. The third-order valence-corrected chi connectivity index (χ3v) is 8.51. The molecule has 2 atom stereocenters. The summed E-state index contributed by atoms with van der Waals surface area (Å²) in [7, 11) is -4.10. The number of carbonyl (C=O) groups is 1. The molecule has 228 valence electrons. The van der Waals surface area contributed by atoms with Crippen molar-refractivity contribution in [2.24, 2.45) is 5.41 Å². The molecule has 2 aromatic carbocycles. The molecular formula is C30H44N2O8S. The number of benzene rings is 2. The van der Waals surface area contributed by atoms with Crippen LogP contribution in [-0.4, -0.2) is 73.3 Å². The van der Waals surface area contributed by atoms with Crippen molar-refractivity contribution in [2.45, 2.75) is 82.9 Å². The largest absolute Gasteiger partial charge is 0.454 e. The number of hydrogen-bond donors (Lipinski definition) is 3. The third kappa shape index (κ3) is 9.88. The summed E-state index contributed by atoms with van der Waals surface area (Å²) in [6.45, 7) is 9.06. The highest BCUT2D eigenvalue weighted by atomic mass is 32.2. The van der Waals surface area contributed by atoms with Gasteiger partial charge >= 0.3 is 6.09 Å². The van der Waals surface area contributed by atoms with Crippen LogP contribution in [0.5, 0.6) is 11.5 Å². The van der Waals surface area contributed by atoms with Crippen LogP contribution in [0.2, 0.25) is 0 Å². The Labute approximate surface area is 243 Å². The number of nitrogens with one attached hydrogen (secondary N) is 1. The molecule has 1 heterocycles. The van der Waals surface area contributed by atoms with E-state index in [1.165, 1.54) is 16.4 Å². The topological polar surface area (TPSA) is 135 Å². The fourth-order valence-electron chi connectivity index (χ4n) is 4.65. The predicted molar refractivity (Wildman–Crippen MR) is 155 cm³/mol. The molecule has 0 aromatic heterocycles. The molecule has 0 saturated carbocycles. The zero-order chi connectivity index (χ0) is 30.3. The molecule has 41 heavy (non-hydrogen) atoms. The number of carbonyl (C=O) groups excluding carboxylic acids is 1. The molecule has 1 amide bonds. The molecule has 1 aliphatic heterocycles. The highest BCUT2D eigenvalue weighted by Gasteiger charge is 2.35. The van der Waals surface area contributed by atoms with Crippen molar-refractivity contribution in [1.82, 2.24) is 9.62 Å². The average molecular weight is 593 g/mol. The Balaban J connectivity index is 1.92. The van der Waals surface area contributed by atoms with E-state index in [4.69, 9.17) is 14.2 Å². The first kappa shape index (κ1) is 32.7. The lowest BCUT2D eigenvalue weighted by Crippen LogP contribution is -2.52. The van der Waals surface area contributed by atoms with Gasteiger partial charge in [0, 0.05) is 25.8 Å². The number of aliphatic hydroxyl groups is 2. The fraction of sp³-hybridized carbons (Fsp3) is 0.567. The van der Waals surface area contributed by atoms with E-state index in [0.29, 0.717) is 24.3 Å². The Hall–Kier alpha value is -2.86. The van der Waals surface area contributed by atoms with Crippen LogP contribution >= 0.6 is 0 Å². The lowest BCUT2D eigenvalue weighted by Gasteiger charge is -2.35. The molecule has 11 heteroatoms. The van der Waals surface area contributed by atoms with Gasteiger partial charge in [0.1, 0.15) is 5.60 Å². The molecule has 1 aliphatic rings. The maximum atomic E-state index is 14.0. The lowest BCUT2D eigenvalue weighted by atomic mass is 9.87. The van der Waals surface area contributed by atoms with E-state index in [9.17, 15) is 23.4 Å². The van der Waals surface area contributed by atoms with E-state index in [1.54, 1.807) is 26.8 Å². The second-order valence-corrected chi connectivity index (χ2v) is 14.1. The van der Waals surface area contributed by atoms with Crippen molar-refractivity contribution in [3.05, 3.63) is 54.1 Å². The monoisotopic (exact) mass is 592 g/mol. The normalized spacial score (nSPS) is 15.0. The van der Waals surface area contributed by atoms with Crippen LogP contribution in [0.1, 0.15) is 59.4 Å². The van der Waals surface area contributed by atoms with Crippen molar-refractivity contribution < 1.29 is 37.6 Å². The molecule has 0 radical (unpaired) electrons. The molecule has 0 saturated heterocycles. The summed E-state index contributed by atoms with van der Waals surface area (Å²) < 4.78 is 45.5. The van der Waals surface area contributed by atoms with Crippen LogP contribution < -0.4 is 14.8 Å². The Kier molecular flexibility index (Phi) is 11.0. The van der Waals surface area contributed by atoms with Crippen LogP contribution in [0, 0.1) is 5.41 Å². The zero-order valence-electron chi connectivity index (χ0n) is 24.6. The number of aliphatic hydroxyl groups excluding tert-OH is 2. The van der Waals surface area contributed by atoms with Gasteiger partial charge in [-0.25, -0.2) is 13.2 Å². The van der Waals surface area contributed by atoms with E-state index < -0.39 is 39.3 Å². The summed E-state index contributed by atoms with van der Waals surface area (Å²) in [6, 6.07) is 12.9. The highest BCUT2D eigenvalue weighted by Crippen LogP contribution is 2.36. The number of hydrogen-bond acceptors (Lipinski definition) is 8. The first-order valence-corrected chi connectivity index (χ1v) is 15.4. The minimum atomic E-state index is -4.10. The molecule has 3 rings (SSSR count). The minimum Gasteiger partial charge on any atom is -0.454 e. The number of alkyl carbamates (subject to hydrolysis) is 1. The summed E-state index contributed by atoms with van der Waals surface area (Å²) in [5.41, 5.74) is -0.354. The maximum Gasteiger partial charge on any atom is 0.407 e. The molecule has 0 aliphatic carbocycles. The van der Waals surface area contributed by atoms with Gasteiger partial charge in [0.25, 0.3) is 0 Å². The lowest BCUT2D eigenvalue weighted by molar-refractivity contribution is 0.0391. The van der Waals surface area contributed by atoms with E-state index in [0.717, 1.165) is 12.0 Å². The number of sulfonamides is 1. The smallest absolute Gasteiger partial charge is 0.407 e. The Morgan fingerprint density at radius 2 is 1.73 bits per heavy atom. The number of rotatable bonds is 14.